The molecule has 0 aromatic heterocycles. The van der Waals surface area contributed by atoms with Gasteiger partial charge in [-0.05, 0) is 40.3 Å². The molecule has 0 amide bonds. The van der Waals surface area contributed by atoms with Crippen molar-refractivity contribution >= 4 is 15.9 Å². The maximum atomic E-state index is 3.57. The summed E-state index contributed by atoms with van der Waals surface area (Å²) in [6, 6.07) is 6.76. The predicted octanol–water partition coefficient (Wildman–Crippen LogP) is 3.91. The Morgan fingerprint density at radius 1 is 1.12 bits per heavy atom. The fourth-order valence-electron chi connectivity index (χ4n) is 1.75. The third-order valence-electron chi connectivity index (χ3n) is 3.06. The highest BCUT2D eigenvalue weighted by Crippen LogP contribution is 2.19. The van der Waals surface area contributed by atoms with Gasteiger partial charge >= 0.3 is 0 Å². The first-order valence-electron chi connectivity index (χ1n) is 5.69. The van der Waals surface area contributed by atoms with Crippen LogP contribution in [0.3, 0.4) is 0 Å². The van der Waals surface area contributed by atoms with E-state index in [1.807, 2.05) is 0 Å². The van der Waals surface area contributed by atoms with E-state index in [0.29, 0.717) is 0 Å². The highest BCUT2D eigenvalue weighted by Gasteiger charge is 2.21. The number of nitrogens with zero attached hydrogens (tertiary/aromatic N) is 1. The standard InChI is InChI=1S/C14H22BrN/c1-11-6-12(2)8-13(7-11)9-16(5)14(3,4)10-15/h6-8H,9-10H2,1-5H3. The van der Waals surface area contributed by atoms with E-state index in [9.17, 15) is 0 Å². The van der Waals surface area contributed by atoms with E-state index in [0.717, 1.165) is 11.9 Å². The molecule has 1 aromatic rings. The van der Waals surface area contributed by atoms with Gasteiger partial charge in [-0.15, -0.1) is 0 Å². The first kappa shape index (κ1) is 13.7. The number of rotatable bonds is 4. The van der Waals surface area contributed by atoms with Gasteiger partial charge in [0.15, 0.2) is 0 Å². The van der Waals surface area contributed by atoms with Crippen LogP contribution in [0.2, 0.25) is 0 Å². The lowest BCUT2D eigenvalue weighted by Crippen LogP contribution is -2.41. The van der Waals surface area contributed by atoms with Gasteiger partial charge in [0.1, 0.15) is 0 Å². The van der Waals surface area contributed by atoms with Gasteiger partial charge in [-0.2, -0.15) is 0 Å². The van der Waals surface area contributed by atoms with Crippen LogP contribution < -0.4 is 0 Å². The average molecular weight is 284 g/mol. The predicted molar refractivity (Wildman–Crippen MR) is 75.3 cm³/mol. The maximum Gasteiger partial charge on any atom is 0.0250 e. The molecule has 0 unspecified atom stereocenters. The second-order valence-electron chi connectivity index (χ2n) is 5.30. The summed E-state index contributed by atoms with van der Waals surface area (Å²) in [5.74, 6) is 0. The van der Waals surface area contributed by atoms with E-state index < -0.39 is 0 Å². The zero-order chi connectivity index (χ0) is 12.3. The number of aryl methyl sites for hydroxylation is 2. The molecule has 0 bridgehead atoms. The molecule has 0 N–H and O–H groups in total. The van der Waals surface area contributed by atoms with Crippen LogP contribution in [0, 0.1) is 13.8 Å². The minimum atomic E-state index is 0.192. The van der Waals surface area contributed by atoms with Gasteiger partial charge in [-0.1, -0.05) is 45.3 Å². The molecule has 0 aliphatic carbocycles. The second-order valence-corrected chi connectivity index (χ2v) is 5.86. The SMILES string of the molecule is Cc1cc(C)cc(CN(C)C(C)(C)CBr)c1. The zero-order valence-corrected chi connectivity index (χ0v) is 12.6. The van der Waals surface area contributed by atoms with Gasteiger partial charge in [-0.25, -0.2) is 0 Å². The van der Waals surface area contributed by atoms with Gasteiger partial charge < -0.3 is 0 Å². The Labute approximate surface area is 108 Å². The minimum absolute atomic E-state index is 0.192. The molecule has 0 heterocycles. The van der Waals surface area contributed by atoms with E-state index >= 15 is 0 Å². The van der Waals surface area contributed by atoms with Crippen LogP contribution in [0.5, 0.6) is 0 Å². The van der Waals surface area contributed by atoms with Crippen molar-refractivity contribution in [1.82, 2.24) is 4.90 Å². The van der Waals surface area contributed by atoms with Crippen LogP contribution in [-0.4, -0.2) is 22.8 Å². The molecule has 0 aliphatic rings. The Kier molecular flexibility index (Phi) is 4.57. The van der Waals surface area contributed by atoms with Crippen LogP contribution in [0.1, 0.15) is 30.5 Å². The van der Waals surface area contributed by atoms with E-state index in [1.54, 1.807) is 0 Å². The molecule has 2 heteroatoms. The number of alkyl halides is 1. The van der Waals surface area contributed by atoms with Crippen molar-refractivity contribution in [1.29, 1.82) is 0 Å². The third kappa shape index (κ3) is 3.60. The molecule has 0 spiro atoms. The summed E-state index contributed by atoms with van der Waals surface area (Å²) in [5.41, 5.74) is 4.28. The smallest absolute Gasteiger partial charge is 0.0250 e. The van der Waals surface area contributed by atoms with Gasteiger partial charge in [0.25, 0.3) is 0 Å². The maximum absolute atomic E-state index is 3.57. The van der Waals surface area contributed by atoms with Crippen LogP contribution in [0.4, 0.5) is 0 Å². The molecule has 0 fully saturated rings. The Morgan fingerprint density at radius 3 is 2.06 bits per heavy atom. The monoisotopic (exact) mass is 283 g/mol. The fourth-order valence-corrected chi connectivity index (χ4v) is 2.18. The van der Waals surface area contributed by atoms with Crippen molar-refractivity contribution in [2.24, 2.45) is 0 Å². The third-order valence-corrected chi connectivity index (χ3v) is 4.43. The number of halogens is 1. The summed E-state index contributed by atoms with van der Waals surface area (Å²) < 4.78 is 0. The number of benzene rings is 1. The summed E-state index contributed by atoms with van der Waals surface area (Å²) in [6.45, 7) is 9.83. The molecule has 0 aliphatic heterocycles. The van der Waals surface area contributed by atoms with E-state index in [1.165, 1.54) is 16.7 Å². The molecule has 16 heavy (non-hydrogen) atoms. The van der Waals surface area contributed by atoms with Crippen molar-refractivity contribution in [2.45, 2.75) is 39.8 Å². The van der Waals surface area contributed by atoms with Crippen LogP contribution >= 0.6 is 15.9 Å². The second kappa shape index (κ2) is 5.33. The molecule has 0 radical (unpaired) electrons. The normalized spacial score (nSPS) is 12.2. The summed E-state index contributed by atoms with van der Waals surface area (Å²) in [4.78, 5) is 2.38. The van der Waals surface area contributed by atoms with Crippen molar-refractivity contribution in [3.05, 3.63) is 34.9 Å². The van der Waals surface area contributed by atoms with E-state index in [2.05, 4.69) is 73.8 Å². The summed E-state index contributed by atoms with van der Waals surface area (Å²) in [7, 11) is 2.18. The lowest BCUT2D eigenvalue weighted by Gasteiger charge is -2.34. The zero-order valence-electron chi connectivity index (χ0n) is 11.0. The molecule has 0 atom stereocenters. The van der Waals surface area contributed by atoms with Crippen molar-refractivity contribution in [3.8, 4) is 0 Å². The molecule has 1 aromatic carbocycles. The Balaban J connectivity index is 2.80. The first-order valence-corrected chi connectivity index (χ1v) is 6.81. The van der Waals surface area contributed by atoms with Gasteiger partial charge in [0.2, 0.25) is 0 Å². The molecule has 0 saturated carbocycles. The van der Waals surface area contributed by atoms with Crippen LogP contribution in [-0.2, 0) is 6.54 Å². The molecule has 1 nitrogen and oxygen atoms in total. The van der Waals surface area contributed by atoms with Crippen molar-refractivity contribution in [3.63, 3.8) is 0 Å². The van der Waals surface area contributed by atoms with Crippen LogP contribution in [0.25, 0.3) is 0 Å². The minimum Gasteiger partial charge on any atom is -0.296 e. The fraction of sp³-hybridized carbons (Fsp3) is 0.571. The quantitative estimate of drug-likeness (QED) is 0.758. The largest absolute Gasteiger partial charge is 0.296 e. The average Bonchev–Trinajstić information content (AvgIpc) is 2.15. The number of hydrogen-bond donors (Lipinski definition) is 0. The Morgan fingerprint density at radius 2 is 1.62 bits per heavy atom. The molecule has 0 saturated heterocycles. The summed E-state index contributed by atoms with van der Waals surface area (Å²) in [6.07, 6.45) is 0. The van der Waals surface area contributed by atoms with Crippen LogP contribution in [0.15, 0.2) is 18.2 Å². The summed E-state index contributed by atoms with van der Waals surface area (Å²) >= 11 is 3.57. The summed E-state index contributed by atoms with van der Waals surface area (Å²) in [5, 5.41) is 0.987. The van der Waals surface area contributed by atoms with Crippen molar-refractivity contribution < 1.29 is 0 Å². The van der Waals surface area contributed by atoms with Crippen molar-refractivity contribution in [2.75, 3.05) is 12.4 Å². The molecule has 1 rings (SSSR count). The Bertz CT molecular complexity index is 338. The first-order chi connectivity index (χ1) is 7.35. The van der Waals surface area contributed by atoms with Gasteiger partial charge in [0, 0.05) is 17.4 Å². The van der Waals surface area contributed by atoms with Gasteiger partial charge in [0.05, 0.1) is 0 Å². The van der Waals surface area contributed by atoms with Gasteiger partial charge in [-0.3, -0.25) is 4.90 Å². The lowest BCUT2D eigenvalue weighted by molar-refractivity contribution is 0.173. The van der Waals surface area contributed by atoms with E-state index in [-0.39, 0.29) is 5.54 Å². The highest BCUT2D eigenvalue weighted by molar-refractivity contribution is 9.09. The Hall–Kier alpha value is -0.340. The molecular formula is C14H22BrN. The topological polar surface area (TPSA) is 3.24 Å². The highest BCUT2D eigenvalue weighted by atomic mass is 79.9. The number of hydrogen-bond acceptors (Lipinski definition) is 1. The van der Waals surface area contributed by atoms with E-state index in [4.69, 9.17) is 0 Å². The lowest BCUT2D eigenvalue weighted by atomic mass is 10.0. The molecule has 90 valence electrons. The molecular weight excluding hydrogens is 262 g/mol.